The maximum Gasteiger partial charge on any atom is 0.435 e. The lowest BCUT2D eigenvalue weighted by molar-refractivity contribution is -0.144. The zero-order chi connectivity index (χ0) is 15.2. The number of aryl methyl sites for hydroxylation is 1. The maximum absolute atomic E-state index is 13.0. The Kier molecular flexibility index (Phi) is 6.31. The van der Waals surface area contributed by atoms with E-state index in [0.29, 0.717) is 6.42 Å². The molecule has 0 radical (unpaired) electrons. The highest BCUT2D eigenvalue weighted by molar-refractivity contribution is 7.99. The maximum atomic E-state index is 13.0. The second kappa shape index (κ2) is 7.51. The summed E-state index contributed by atoms with van der Waals surface area (Å²) in [5.41, 5.74) is -1.92. The minimum Gasteiger partial charge on any atom is -0.461 e. The number of nitrogens with zero attached hydrogens (tertiary/aromatic N) is 3. The SMILES string of the molecule is CCOC(=O)c1nnn(CCCSCC)c1C(F)(F)F. The summed E-state index contributed by atoms with van der Waals surface area (Å²) in [5.74, 6) is 0.522. The normalized spacial score (nSPS) is 11.7. The number of aromatic nitrogens is 3. The number of rotatable bonds is 7. The second-order valence-electron chi connectivity index (χ2n) is 3.78. The zero-order valence-electron chi connectivity index (χ0n) is 11.2. The Labute approximate surface area is 118 Å². The third kappa shape index (κ3) is 4.39. The third-order valence-corrected chi connectivity index (χ3v) is 3.32. The summed E-state index contributed by atoms with van der Waals surface area (Å²) in [7, 11) is 0. The van der Waals surface area contributed by atoms with Crippen molar-refractivity contribution in [3.8, 4) is 0 Å². The lowest BCUT2D eigenvalue weighted by Crippen LogP contribution is -2.19. The van der Waals surface area contributed by atoms with Crippen molar-refractivity contribution in [2.45, 2.75) is 33.0 Å². The van der Waals surface area contributed by atoms with Crippen LogP contribution in [0.2, 0.25) is 0 Å². The minimum absolute atomic E-state index is 0.0177. The number of ether oxygens (including phenoxy) is 1. The molecule has 0 bridgehead atoms. The van der Waals surface area contributed by atoms with E-state index >= 15 is 0 Å². The van der Waals surface area contributed by atoms with Crippen molar-refractivity contribution < 1.29 is 22.7 Å². The molecule has 1 rings (SSSR count). The van der Waals surface area contributed by atoms with Crippen LogP contribution in [-0.2, 0) is 17.5 Å². The molecule has 0 aliphatic rings. The van der Waals surface area contributed by atoms with Crippen LogP contribution in [0.15, 0.2) is 0 Å². The van der Waals surface area contributed by atoms with Gasteiger partial charge in [-0.1, -0.05) is 12.1 Å². The lowest BCUT2D eigenvalue weighted by Gasteiger charge is -2.10. The first-order chi connectivity index (χ1) is 9.41. The largest absolute Gasteiger partial charge is 0.461 e. The molecule has 0 aliphatic carbocycles. The first kappa shape index (κ1) is 16.8. The Morgan fingerprint density at radius 2 is 2.10 bits per heavy atom. The van der Waals surface area contributed by atoms with Crippen molar-refractivity contribution >= 4 is 17.7 Å². The second-order valence-corrected chi connectivity index (χ2v) is 5.17. The van der Waals surface area contributed by atoms with Gasteiger partial charge in [0.05, 0.1) is 6.61 Å². The van der Waals surface area contributed by atoms with Crippen molar-refractivity contribution in [2.24, 2.45) is 0 Å². The van der Waals surface area contributed by atoms with Crippen molar-refractivity contribution in [2.75, 3.05) is 18.1 Å². The van der Waals surface area contributed by atoms with Crippen LogP contribution >= 0.6 is 11.8 Å². The number of esters is 1. The van der Waals surface area contributed by atoms with Gasteiger partial charge in [0.25, 0.3) is 0 Å². The van der Waals surface area contributed by atoms with Gasteiger partial charge in [-0.25, -0.2) is 9.48 Å². The molecule has 5 nitrogen and oxygen atoms in total. The molecule has 0 unspecified atom stereocenters. The number of thioether (sulfide) groups is 1. The summed E-state index contributed by atoms with van der Waals surface area (Å²) in [4.78, 5) is 11.5. The van der Waals surface area contributed by atoms with E-state index in [4.69, 9.17) is 0 Å². The molecule has 0 N–H and O–H groups in total. The molecule has 1 heterocycles. The van der Waals surface area contributed by atoms with Crippen LogP contribution in [0.5, 0.6) is 0 Å². The van der Waals surface area contributed by atoms with E-state index in [1.54, 1.807) is 11.8 Å². The van der Waals surface area contributed by atoms with Gasteiger partial charge in [0.1, 0.15) is 0 Å². The van der Waals surface area contributed by atoms with E-state index < -0.39 is 23.5 Å². The van der Waals surface area contributed by atoms with Crippen LogP contribution in [0, 0.1) is 0 Å². The summed E-state index contributed by atoms with van der Waals surface area (Å²) in [6.07, 6.45) is -4.17. The fraction of sp³-hybridized carbons (Fsp3) is 0.727. The van der Waals surface area contributed by atoms with Crippen LogP contribution in [0.4, 0.5) is 13.2 Å². The molecule has 0 aliphatic heterocycles. The van der Waals surface area contributed by atoms with E-state index in [0.717, 1.165) is 16.2 Å². The molecular formula is C11H16F3N3O2S. The van der Waals surface area contributed by atoms with Gasteiger partial charge in [0, 0.05) is 6.54 Å². The number of hydrogen-bond acceptors (Lipinski definition) is 5. The van der Waals surface area contributed by atoms with Crippen LogP contribution in [0.3, 0.4) is 0 Å². The van der Waals surface area contributed by atoms with Gasteiger partial charge in [-0.15, -0.1) is 5.10 Å². The van der Waals surface area contributed by atoms with Gasteiger partial charge in [0.2, 0.25) is 5.69 Å². The molecule has 20 heavy (non-hydrogen) atoms. The molecule has 1 aromatic heterocycles. The zero-order valence-corrected chi connectivity index (χ0v) is 12.1. The predicted molar refractivity (Wildman–Crippen MR) is 68.6 cm³/mol. The number of alkyl halides is 3. The molecule has 114 valence electrons. The van der Waals surface area contributed by atoms with E-state index in [1.807, 2.05) is 6.92 Å². The van der Waals surface area contributed by atoms with Gasteiger partial charge in [-0.3, -0.25) is 0 Å². The molecule has 0 spiro atoms. The predicted octanol–water partition coefficient (Wildman–Crippen LogP) is 2.62. The Bertz CT molecular complexity index is 449. The molecule has 0 aromatic carbocycles. The standard InChI is InChI=1S/C11H16F3N3O2S/c1-3-19-10(18)8-9(11(12,13)14)17(16-15-8)6-5-7-20-4-2/h3-7H2,1-2H3. The van der Waals surface area contributed by atoms with Crippen molar-refractivity contribution in [1.82, 2.24) is 15.0 Å². The summed E-state index contributed by atoms with van der Waals surface area (Å²) < 4.78 is 44.3. The van der Waals surface area contributed by atoms with Crippen molar-refractivity contribution in [3.05, 3.63) is 11.4 Å². The van der Waals surface area contributed by atoms with E-state index in [1.165, 1.54) is 6.92 Å². The minimum atomic E-state index is -4.69. The summed E-state index contributed by atoms with van der Waals surface area (Å²) in [6, 6.07) is 0. The summed E-state index contributed by atoms with van der Waals surface area (Å²) in [5, 5.41) is 6.73. The van der Waals surface area contributed by atoms with Gasteiger partial charge >= 0.3 is 12.1 Å². The number of hydrogen-bond donors (Lipinski definition) is 0. The first-order valence-corrected chi connectivity index (χ1v) is 7.32. The molecule has 9 heteroatoms. The van der Waals surface area contributed by atoms with E-state index in [9.17, 15) is 18.0 Å². The van der Waals surface area contributed by atoms with Crippen molar-refractivity contribution in [1.29, 1.82) is 0 Å². The molecule has 0 amide bonds. The molecule has 0 atom stereocenters. The Balaban J connectivity index is 2.92. The molecule has 0 saturated carbocycles. The Morgan fingerprint density at radius 1 is 1.40 bits per heavy atom. The monoisotopic (exact) mass is 311 g/mol. The van der Waals surface area contributed by atoms with Gasteiger partial charge in [-0.2, -0.15) is 24.9 Å². The lowest BCUT2D eigenvalue weighted by atomic mass is 10.3. The average Bonchev–Trinajstić information content (AvgIpc) is 2.79. The van der Waals surface area contributed by atoms with Crippen LogP contribution in [0.1, 0.15) is 36.5 Å². The molecular weight excluding hydrogens is 295 g/mol. The molecule has 0 saturated heterocycles. The fourth-order valence-corrected chi connectivity index (χ4v) is 2.17. The highest BCUT2D eigenvalue weighted by Crippen LogP contribution is 2.31. The number of halogens is 3. The molecule has 0 fully saturated rings. The fourth-order valence-electron chi connectivity index (χ4n) is 1.55. The topological polar surface area (TPSA) is 57.0 Å². The average molecular weight is 311 g/mol. The smallest absolute Gasteiger partial charge is 0.435 e. The van der Waals surface area contributed by atoms with E-state index in [-0.39, 0.29) is 13.2 Å². The number of carbonyl (C=O) groups excluding carboxylic acids is 1. The highest BCUT2D eigenvalue weighted by atomic mass is 32.2. The summed E-state index contributed by atoms with van der Waals surface area (Å²) >= 11 is 1.63. The quantitative estimate of drug-likeness (QED) is 0.572. The van der Waals surface area contributed by atoms with Gasteiger partial charge < -0.3 is 4.74 Å². The Hall–Kier alpha value is -1.25. The summed E-state index contributed by atoms with van der Waals surface area (Å²) in [6.45, 7) is 3.53. The van der Waals surface area contributed by atoms with Crippen LogP contribution in [0.25, 0.3) is 0 Å². The van der Waals surface area contributed by atoms with E-state index in [2.05, 4.69) is 15.0 Å². The third-order valence-electron chi connectivity index (χ3n) is 2.34. The first-order valence-electron chi connectivity index (χ1n) is 6.17. The number of carbonyl (C=O) groups is 1. The van der Waals surface area contributed by atoms with Crippen LogP contribution < -0.4 is 0 Å². The van der Waals surface area contributed by atoms with Gasteiger partial charge in [0.15, 0.2) is 5.69 Å². The van der Waals surface area contributed by atoms with Crippen LogP contribution in [-0.4, -0.2) is 39.1 Å². The van der Waals surface area contributed by atoms with Gasteiger partial charge in [-0.05, 0) is 24.9 Å². The molecule has 1 aromatic rings. The highest BCUT2D eigenvalue weighted by Gasteiger charge is 2.41. The Morgan fingerprint density at radius 3 is 2.65 bits per heavy atom. The van der Waals surface area contributed by atoms with Crippen molar-refractivity contribution in [3.63, 3.8) is 0 Å².